The fourth-order valence-corrected chi connectivity index (χ4v) is 2.58. The molecule has 22 heavy (non-hydrogen) atoms. The molecule has 6 heteroatoms. The van der Waals surface area contributed by atoms with E-state index in [1.807, 2.05) is 58.3 Å². The van der Waals surface area contributed by atoms with Crippen LogP contribution in [0.25, 0.3) is 11.3 Å². The van der Waals surface area contributed by atoms with Gasteiger partial charge in [0, 0.05) is 30.3 Å². The van der Waals surface area contributed by atoms with Crippen molar-refractivity contribution in [3.05, 3.63) is 34.9 Å². The first-order chi connectivity index (χ1) is 10.2. The minimum absolute atomic E-state index is 0.390. The van der Waals surface area contributed by atoms with Crippen molar-refractivity contribution in [1.82, 2.24) is 9.78 Å². The summed E-state index contributed by atoms with van der Waals surface area (Å²) in [6.07, 6.45) is 1.50. The summed E-state index contributed by atoms with van der Waals surface area (Å²) in [7, 11) is 3.57. The number of amides is 1. The second kappa shape index (κ2) is 6.12. The van der Waals surface area contributed by atoms with Crippen LogP contribution in [0.4, 0.5) is 10.5 Å². The summed E-state index contributed by atoms with van der Waals surface area (Å²) in [5, 5.41) is 4.37. The molecule has 0 fully saturated rings. The van der Waals surface area contributed by atoms with Gasteiger partial charge in [0.05, 0.1) is 11.4 Å². The van der Waals surface area contributed by atoms with Crippen LogP contribution < -0.4 is 4.90 Å². The van der Waals surface area contributed by atoms with E-state index in [0.29, 0.717) is 0 Å². The molecule has 0 aliphatic heterocycles. The molecule has 0 unspecified atom stereocenters. The van der Waals surface area contributed by atoms with E-state index in [1.165, 1.54) is 4.90 Å². The van der Waals surface area contributed by atoms with Crippen LogP contribution in [0.1, 0.15) is 20.8 Å². The van der Waals surface area contributed by atoms with Gasteiger partial charge in [0.1, 0.15) is 5.60 Å². The number of hydrogen-bond donors (Lipinski definition) is 0. The minimum Gasteiger partial charge on any atom is -0.443 e. The highest BCUT2D eigenvalue weighted by Gasteiger charge is 2.22. The Kier molecular flexibility index (Phi) is 4.60. The average Bonchev–Trinajstić information content (AvgIpc) is 2.82. The van der Waals surface area contributed by atoms with Gasteiger partial charge >= 0.3 is 6.09 Å². The normalized spacial score (nSPS) is 11.4. The van der Waals surface area contributed by atoms with E-state index >= 15 is 0 Å². The summed E-state index contributed by atoms with van der Waals surface area (Å²) in [5.74, 6) is 0. The number of nitrogens with zero attached hydrogens (tertiary/aromatic N) is 3. The number of rotatable bonds is 2. The van der Waals surface area contributed by atoms with Gasteiger partial charge in [-0.1, -0.05) is 6.07 Å². The van der Waals surface area contributed by atoms with Gasteiger partial charge in [0.15, 0.2) is 0 Å². The molecule has 2 rings (SSSR count). The zero-order valence-electron chi connectivity index (χ0n) is 13.4. The van der Waals surface area contributed by atoms with E-state index in [2.05, 4.69) is 21.0 Å². The first-order valence-corrected chi connectivity index (χ1v) is 7.73. The second-order valence-electron chi connectivity index (χ2n) is 6.08. The van der Waals surface area contributed by atoms with Gasteiger partial charge in [-0.3, -0.25) is 9.58 Å². The summed E-state index contributed by atoms with van der Waals surface area (Å²) in [4.78, 5) is 13.6. The minimum atomic E-state index is -0.522. The van der Waals surface area contributed by atoms with Gasteiger partial charge in [0.2, 0.25) is 0 Å². The Bertz CT molecular complexity index is 689. The molecule has 0 N–H and O–H groups in total. The Morgan fingerprint density at radius 2 is 2.00 bits per heavy atom. The maximum Gasteiger partial charge on any atom is 0.414 e. The first kappa shape index (κ1) is 16.5. The van der Waals surface area contributed by atoms with Crippen LogP contribution in [-0.2, 0) is 11.8 Å². The largest absolute Gasteiger partial charge is 0.443 e. The molecule has 0 radical (unpaired) electrons. The summed E-state index contributed by atoms with van der Waals surface area (Å²) >= 11 is 3.52. The number of benzene rings is 1. The summed E-state index contributed by atoms with van der Waals surface area (Å²) in [6.45, 7) is 5.54. The Morgan fingerprint density at radius 3 is 2.50 bits per heavy atom. The van der Waals surface area contributed by atoms with Crippen molar-refractivity contribution in [1.29, 1.82) is 0 Å². The molecule has 0 bridgehead atoms. The monoisotopic (exact) mass is 365 g/mol. The van der Waals surface area contributed by atoms with E-state index in [0.717, 1.165) is 21.4 Å². The topological polar surface area (TPSA) is 47.4 Å². The second-order valence-corrected chi connectivity index (χ2v) is 6.93. The van der Waals surface area contributed by atoms with Crippen LogP contribution in [0, 0.1) is 0 Å². The lowest BCUT2D eigenvalue weighted by Gasteiger charge is -2.25. The number of carbonyl (C=O) groups is 1. The summed E-state index contributed by atoms with van der Waals surface area (Å²) in [5.41, 5.74) is 2.09. The van der Waals surface area contributed by atoms with Crippen molar-refractivity contribution in [3.8, 4) is 11.3 Å². The van der Waals surface area contributed by atoms with Crippen LogP contribution in [0.3, 0.4) is 0 Å². The third kappa shape index (κ3) is 3.88. The maximum atomic E-state index is 12.1. The Balaban J connectivity index is 2.24. The molecule has 1 aromatic heterocycles. The van der Waals surface area contributed by atoms with Crippen molar-refractivity contribution in [2.45, 2.75) is 26.4 Å². The Labute approximate surface area is 139 Å². The van der Waals surface area contributed by atoms with Crippen LogP contribution in [0.5, 0.6) is 0 Å². The van der Waals surface area contributed by atoms with Crippen molar-refractivity contribution < 1.29 is 9.53 Å². The summed E-state index contributed by atoms with van der Waals surface area (Å²) in [6, 6.07) is 7.69. The van der Waals surface area contributed by atoms with Crippen molar-refractivity contribution >= 4 is 27.7 Å². The predicted octanol–water partition coefficient (Wildman–Crippen LogP) is 4.22. The number of hydrogen-bond acceptors (Lipinski definition) is 3. The molecule has 0 aliphatic carbocycles. The number of aromatic nitrogens is 2. The van der Waals surface area contributed by atoms with E-state index in [4.69, 9.17) is 4.74 Å². The summed E-state index contributed by atoms with van der Waals surface area (Å²) < 4.78 is 7.94. The highest BCUT2D eigenvalue weighted by molar-refractivity contribution is 9.10. The fourth-order valence-electron chi connectivity index (χ4n) is 1.94. The average molecular weight is 366 g/mol. The maximum absolute atomic E-state index is 12.1. The molecule has 0 atom stereocenters. The van der Waals surface area contributed by atoms with Gasteiger partial charge in [-0.25, -0.2) is 4.79 Å². The molecule has 1 aromatic carbocycles. The fraction of sp³-hybridized carbons (Fsp3) is 0.375. The number of carbonyl (C=O) groups excluding carboxylic acids is 1. The third-order valence-electron chi connectivity index (χ3n) is 2.99. The predicted molar refractivity (Wildman–Crippen MR) is 91.0 cm³/mol. The molecule has 1 amide bonds. The van der Waals surface area contributed by atoms with Crippen molar-refractivity contribution in [2.24, 2.45) is 7.05 Å². The molecular weight excluding hydrogens is 346 g/mol. The van der Waals surface area contributed by atoms with E-state index in [9.17, 15) is 4.79 Å². The lowest BCUT2D eigenvalue weighted by atomic mass is 10.1. The molecule has 0 aliphatic rings. The SMILES string of the molecule is CN(C(=O)OC(C)(C)C)c1ccc(-c2ccn(C)n2)cc1Br. The lowest BCUT2D eigenvalue weighted by Crippen LogP contribution is -2.34. The van der Waals surface area contributed by atoms with Crippen molar-refractivity contribution in [3.63, 3.8) is 0 Å². The van der Waals surface area contributed by atoms with Crippen LogP contribution in [-0.4, -0.2) is 28.5 Å². The smallest absolute Gasteiger partial charge is 0.414 e. The van der Waals surface area contributed by atoms with Crippen LogP contribution in [0.2, 0.25) is 0 Å². The van der Waals surface area contributed by atoms with E-state index in [-0.39, 0.29) is 0 Å². The van der Waals surface area contributed by atoms with Crippen LogP contribution in [0.15, 0.2) is 34.9 Å². The standard InChI is InChI=1S/C16H20BrN3O2/c1-16(2,3)22-15(21)20(5)14-7-6-11(10-12(14)17)13-8-9-19(4)18-13/h6-10H,1-5H3. The third-order valence-corrected chi connectivity index (χ3v) is 3.62. The highest BCUT2D eigenvalue weighted by atomic mass is 79.9. The molecule has 2 aromatic rings. The number of anilines is 1. The number of halogens is 1. The van der Waals surface area contributed by atoms with Gasteiger partial charge in [0.25, 0.3) is 0 Å². The van der Waals surface area contributed by atoms with Gasteiger partial charge < -0.3 is 4.74 Å². The van der Waals surface area contributed by atoms with E-state index < -0.39 is 11.7 Å². The first-order valence-electron chi connectivity index (χ1n) is 6.93. The molecular formula is C16H20BrN3O2. The highest BCUT2D eigenvalue weighted by Crippen LogP contribution is 2.31. The van der Waals surface area contributed by atoms with Crippen molar-refractivity contribution in [2.75, 3.05) is 11.9 Å². The number of aryl methyl sites for hydroxylation is 1. The molecule has 0 saturated heterocycles. The zero-order valence-corrected chi connectivity index (χ0v) is 15.0. The molecule has 0 spiro atoms. The molecule has 1 heterocycles. The van der Waals surface area contributed by atoms with Crippen LogP contribution >= 0.6 is 15.9 Å². The molecule has 5 nitrogen and oxygen atoms in total. The zero-order chi connectivity index (χ0) is 16.5. The Morgan fingerprint density at radius 1 is 1.32 bits per heavy atom. The Hall–Kier alpha value is -1.82. The quantitative estimate of drug-likeness (QED) is 0.800. The van der Waals surface area contributed by atoms with E-state index in [1.54, 1.807) is 11.7 Å². The van der Waals surface area contributed by atoms with Gasteiger partial charge in [-0.15, -0.1) is 0 Å². The lowest BCUT2D eigenvalue weighted by molar-refractivity contribution is 0.0589. The van der Waals surface area contributed by atoms with Gasteiger partial charge in [-0.2, -0.15) is 5.10 Å². The molecule has 0 saturated carbocycles. The number of ether oxygens (including phenoxy) is 1. The van der Waals surface area contributed by atoms with Gasteiger partial charge in [-0.05, 0) is 54.9 Å². The molecule has 118 valence electrons.